The van der Waals surface area contributed by atoms with Crippen molar-refractivity contribution in [1.82, 2.24) is 9.78 Å². The van der Waals surface area contributed by atoms with Gasteiger partial charge >= 0.3 is 6.18 Å². The standard InChI is InChI=1S/C16H12F3N3O4S/c17-16(18,19)15-8-11(9-5-6-12(23)13(24)7-9)22(21-15)10-3-1-2-4-14(10)27(20,25)26/h1-8,23-24H,(H2,20,25,26). The van der Waals surface area contributed by atoms with E-state index < -0.39 is 38.3 Å². The number of hydrogen-bond acceptors (Lipinski definition) is 5. The van der Waals surface area contributed by atoms with Crippen LogP contribution >= 0.6 is 0 Å². The van der Waals surface area contributed by atoms with Crippen molar-refractivity contribution in [2.75, 3.05) is 0 Å². The Morgan fingerprint density at radius 3 is 2.26 bits per heavy atom. The number of benzene rings is 2. The summed E-state index contributed by atoms with van der Waals surface area (Å²) in [5.41, 5.74) is -1.56. The number of aromatic nitrogens is 2. The molecule has 0 fully saturated rings. The van der Waals surface area contributed by atoms with Crippen molar-refractivity contribution in [1.29, 1.82) is 0 Å². The molecule has 0 saturated carbocycles. The first-order valence-corrected chi connectivity index (χ1v) is 8.85. The zero-order chi connectivity index (χ0) is 20.0. The van der Waals surface area contributed by atoms with Crippen molar-refractivity contribution in [3.63, 3.8) is 0 Å². The lowest BCUT2D eigenvalue weighted by atomic mass is 10.1. The number of alkyl halides is 3. The number of nitrogens with zero attached hydrogens (tertiary/aromatic N) is 2. The Labute approximate surface area is 151 Å². The number of nitrogens with two attached hydrogens (primary N) is 1. The van der Waals surface area contributed by atoms with Gasteiger partial charge in [-0.3, -0.25) is 0 Å². The number of hydrogen-bond donors (Lipinski definition) is 3. The molecule has 3 rings (SSSR count). The van der Waals surface area contributed by atoms with Gasteiger partial charge in [-0.1, -0.05) is 12.1 Å². The Morgan fingerprint density at radius 2 is 1.67 bits per heavy atom. The second kappa shape index (κ2) is 6.28. The molecule has 0 spiro atoms. The highest BCUT2D eigenvalue weighted by molar-refractivity contribution is 7.89. The number of phenolic OH excluding ortho intramolecular Hbond substituents is 2. The lowest BCUT2D eigenvalue weighted by Gasteiger charge is -2.12. The first-order valence-electron chi connectivity index (χ1n) is 7.30. The van der Waals surface area contributed by atoms with Gasteiger partial charge in [0.1, 0.15) is 4.90 Å². The number of sulfonamides is 1. The Hall–Kier alpha value is -3.05. The Balaban J connectivity index is 2.34. The smallest absolute Gasteiger partial charge is 0.435 e. The third kappa shape index (κ3) is 3.59. The van der Waals surface area contributed by atoms with Crippen LogP contribution in [-0.4, -0.2) is 28.4 Å². The second-order valence-electron chi connectivity index (χ2n) is 5.54. The summed E-state index contributed by atoms with van der Waals surface area (Å²) in [4.78, 5) is -0.425. The first-order chi connectivity index (χ1) is 12.5. The van der Waals surface area contributed by atoms with Crippen LogP contribution in [0.1, 0.15) is 5.69 Å². The van der Waals surface area contributed by atoms with Crippen LogP contribution in [0.5, 0.6) is 11.5 Å². The van der Waals surface area contributed by atoms with E-state index in [9.17, 15) is 31.8 Å². The van der Waals surface area contributed by atoms with Gasteiger partial charge in [0.25, 0.3) is 0 Å². The second-order valence-corrected chi connectivity index (χ2v) is 7.07. The molecule has 0 bridgehead atoms. The van der Waals surface area contributed by atoms with Crippen LogP contribution < -0.4 is 5.14 Å². The SMILES string of the molecule is NS(=O)(=O)c1ccccc1-n1nc(C(F)(F)F)cc1-c1ccc(O)c(O)c1. The van der Waals surface area contributed by atoms with Gasteiger partial charge < -0.3 is 10.2 Å². The van der Waals surface area contributed by atoms with Crippen LogP contribution in [0.3, 0.4) is 0 Å². The number of rotatable bonds is 3. The molecule has 1 aromatic heterocycles. The highest BCUT2D eigenvalue weighted by atomic mass is 32.2. The number of phenols is 2. The fraction of sp³-hybridized carbons (Fsp3) is 0.0625. The van der Waals surface area contributed by atoms with E-state index in [0.717, 1.165) is 22.9 Å². The maximum atomic E-state index is 13.2. The summed E-state index contributed by atoms with van der Waals surface area (Å²) in [6.07, 6.45) is -4.80. The van der Waals surface area contributed by atoms with Crippen LogP contribution in [0.2, 0.25) is 0 Å². The van der Waals surface area contributed by atoms with E-state index in [1.54, 1.807) is 0 Å². The molecule has 0 amide bonds. The first kappa shape index (κ1) is 18.7. The molecule has 0 radical (unpaired) electrons. The molecule has 0 atom stereocenters. The van der Waals surface area contributed by atoms with E-state index in [2.05, 4.69) is 5.10 Å². The van der Waals surface area contributed by atoms with Crippen molar-refractivity contribution in [3.8, 4) is 28.4 Å². The fourth-order valence-corrected chi connectivity index (χ4v) is 3.18. The largest absolute Gasteiger partial charge is 0.504 e. The maximum absolute atomic E-state index is 13.2. The van der Waals surface area contributed by atoms with E-state index in [4.69, 9.17) is 5.14 Å². The van der Waals surface area contributed by atoms with E-state index >= 15 is 0 Å². The molecule has 0 unspecified atom stereocenters. The van der Waals surface area contributed by atoms with Gasteiger partial charge in [0, 0.05) is 5.56 Å². The zero-order valence-electron chi connectivity index (χ0n) is 13.3. The third-order valence-corrected chi connectivity index (χ3v) is 4.63. The molecule has 7 nitrogen and oxygen atoms in total. The summed E-state index contributed by atoms with van der Waals surface area (Å²) in [6.45, 7) is 0. The van der Waals surface area contributed by atoms with Crippen LogP contribution in [0.25, 0.3) is 16.9 Å². The molecular formula is C16H12F3N3O4S. The monoisotopic (exact) mass is 399 g/mol. The van der Waals surface area contributed by atoms with Crippen LogP contribution in [0, 0.1) is 0 Å². The summed E-state index contributed by atoms with van der Waals surface area (Å²) >= 11 is 0. The predicted octanol–water partition coefficient (Wildman–Crippen LogP) is 2.62. The molecule has 0 aliphatic heterocycles. The highest BCUT2D eigenvalue weighted by Crippen LogP contribution is 2.36. The van der Waals surface area contributed by atoms with E-state index in [1.165, 1.54) is 24.3 Å². The molecule has 3 aromatic rings. The summed E-state index contributed by atoms with van der Waals surface area (Å²) < 4.78 is 64.0. The molecule has 11 heteroatoms. The minimum absolute atomic E-state index is 0.0672. The normalized spacial score (nSPS) is 12.3. The van der Waals surface area contributed by atoms with Crippen molar-refractivity contribution in [2.45, 2.75) is 11.1 Å². The highest BCUT2D eigenvalue weighted by Gasteiger charge is 2.36. The number of halogens is 3. The molecule has 4 N–H and O–H groups in total. The van der Waals surface area contributed by atoms with Gasteiger partial charge in [-0.15, -0.1) is 0 Å². The summed E-state index contributed by atoms with van der Waals surface area (Å²) in [5, 5.41) is 27.7. The van der Waals surface area contributed by atoms with Gasteiger partial charge in [-0.25, -0.2) is 18.2 Å². The molecular weight excluding hydrogens is 387 g/mol. The minimum atomic E-state index is -4.80. The summed E-state index contributed by atoms with van der Waals surface area (Å²) in [6, 6.07) is 9.23. The average Bonchev–Trinajstić information content (AvgIpc) is 3.02. The predicted molar refractivity (Wildman–Crippen MR) is 88.7 cm³/mol. The number of primary sulfonamides is 1. The van der Waals surface area contributed by atoms with Crippen LogP contribution in [0.4, 0.5) is 13.2 Å². The van der Waals surface area contributed by atoms with Crippen molar-refractivity contribution < 1.29 is 31.8 Å². The number of aromatic hydroxyl groups is 2. The zero-order valence-corrected chi connectivity index (χ0v) is 14.2. The molecule has 1 heterocycles. The minimum Gasteiger partial charge on any atom is -0.504 e. The van der Waals surface area contributed by atoms with Crippen LogP contribution in [-0.2, 0) is 16.2 Å². The quantitative estimate of drug-likeness (QED) is 0.585. The summed E-state index contributed by atoms with van der Waals surface area (Å²) in [7, 11) is -4.25. The Bertz CT molecular complexity index is 1120. The summed E-state index contributed by atoms with van der Waals surface area (Å²) in [5.74, 6) is -1.03. The van der Waals surface area contributed by atoms with Crippen molar-refractivity contribution >= 4 is 10.0 Å². The van der Waals surface area contributed by atoms with Crippen molar-refractivity contribution in [2.24, 2.45) is 5.14 Å². The molecule has 142 valence electrons. The van der Waals surface area contributed by atoms with Crippen LogP contribution in [0.15, 0.2) is 53.4 Å². The van der Waals surface area contributed by atoms with E-state index in [-0.39, 0.29) is 16.9 Å². The number of para-hydroxylation sites is 1. The Kier molecular flexibility index (Phi) is 4.36. The lowest BCUT2D eigenvalue weighted by Crippen LogP contribution is -2.16. The third-order valence-electron chi connectivity index (χ3n) is 3.67. The lowest BCUT2D eigenvalue weighted by molar-refractivity contribution is -0.141. The van der Waals surface area contributed by atoms with E-state index in [1.807, 2.05) is 0 Å². The molecule has 2 aromatic carbocycles. The van der Waals surface area contributed by atoms with Gasteiger partial charge in [0.05, 0.1) is 11.4 Å². The van der Waals surface area contributed by atoms with E-state index in [0.29, 0.717) is 6.07 Å². The molecule has 0 saturated heterocycles. The average molecular weight is 399 g/mol. The molecule has 0 aliphatic rings. The maximum Gasteiger partial charge on any atom is 0.435 e. The molecule has 27 heavy (non-hydrogen) atoms. The van der Waals surface area contributed by atoms with Gasteiger partial charge in [-0.05, 0) is 36.4 Å². The van der Waals surface area contributed by atoms with Gasteiger partial charge in [0.15, 0.2) is 17.2 Å². The fourth-order valence-electron chi connectivity index (χ4n) is 2.46. The topological polar surface area (TPSA) is 118 Å². The molecule has 0 aliphatic carbocycles. The Morgan fingerprint density at radius 1 is 1.00 bits per heavy atom. The van der Waals surface area contributed by atoms with Gasteiger partial charge in [-0.2, -0.15) is 18.3 Å². The van der Waals surface area contributed by atoms with Crippen molar-refractivity contribution in [3.05, 3.63) is 54.2 Å². The van der Waals surface area contributed by atoms with Gasteiger partial charge in [0.2, 0.25) is 10.0 Å².